The SMILES string of the molecule is C.Cc1ccc2nc(Nc3ccccc3N3CC4(CCN(C(=O)OCc5ccccc5)CC4)c4ccccc43)[nH]c2c1.Cc1ccc2nc(Nc3ccccc3N3CC4(CCN(CC(C)C)CC4)c4ccccc43)[nH]c2c1.Cc1csc(Nc2ccccc2N2CC(C)(C)c3ccccc32)n1.O=C(OCc1ccccc1)N1CCC2(CC1)CN(c1ccccc1Nc1nc3ccccc3[nH]1)c1ccccc12. The molecule has 3 spiro atoms. The zero-order valence-corrected chi connectivity index (χ0v) is 81.4. The van der Waals surface area contributed by atoms with Crippen LogP contribution in [0.5, 0.6) is 0 Å². The van der Waals surface area contributed by atoms with E-state index in [9.17, 15) is 9.59 Å². The number of amides is 2. The van der Waals surface area contributed by atoms with Crippen LogP contribution in [0.15, 0.2) is 321 Å². The first-order valence-corrected chi connectivity index (χ1v) is 50.1. The average molecular weight is 1890 g/mol. The van der Waals surface area contributed by atoms with Gasteiger partial charge < -0.3 is 80.0 Å². The van der Waals surface area contributed by atoms with Gasteiger partial charge in [0.2, 0.25) is 17.8 Å². The molecule has 141 heavy (non-hydrogen) atoms. The van der Waals surface area contributed by atoms with Gasteiger partial charge >= 0.3 is 12.2 Å². The third-order valence-corrected chi connectivity index (χ3v) is 29.9. The molecular formula is C118H124N18O4S. The van der Waals surface area contributed by atoms with E-state index in [0.717, 1.165) is 165 Å². The zero-order chi connectivity index (χ0) is 95.5. The number of anilines is 16. The summed E-state index contributed by atoms with van der Waals surface area (Å²) < 4.78 is 11.3. The molecule has 7 aliphatic heterocycles. The van der Waals surface area contributed by atoms with E-state index in [2.05, 4.69) is 331 Å². The van der Waals surface area contributed by atoms with Gasteiger partial charge in [-0.3, -0.25) is 0 Å². The van der Waals surface area contributed by atoms with Crippen molar-refractivity contribution in [3.05, 3.63) is 371 Å². The normalized spacial score (nSPS) is 16.0. The number of aromatic nitrogens is 7. The smallest absolute Gasteiger partial charge is 0.410 e. The van der Waals surface area contributed by atoms with Crippen LogP contribution in [0.25, 0.3) is 33.1 Å². The summed E-state index contributed by atoms with van der Waals surface area (Å²) >= 11 is 1.64. The fourth-order valence-corrected chi connectivity index (χ4v) is 22.7. The summed E-state index contributed by atoms with van der Waals surface area (Å²) in [5.74, 6) is 2.94. The van der Waals surface area contributed by atoms with Crippen molar-refractivity contribution in [3.63, 3.8) is 0 Å². The molecule has 3 saturated heterocycles. The van der Waals surface area contributed by atoms with Crippen molar-refractivity contribution >= 4 is 148 Å². The topological polar surface area (TPSA) is 222 Å². The number of hydrogen-bond acceptors (Lipinski definition) is 18. The second kappa shape index (κ2) is 40.3. The highest BCUT2D eigenvalue weighted by molar-refractivity contribution is 7.13. The summed E-state index contributed by atoms with van der Waals surface area (Å²) in [6, 6.07) is 109. The van der Waals surface area contributed by atoms with Crippen molar-refractivity contribution in [2.45, 2.75) is 129 Å². The molecule has 716 valence electrons. The fourth-order valence-electron chi connectivity index (χ4n) is 22.0. The predicted molar refractivity (Wildman–Crippen MR) is 577 cm³/mol. The molecule has 0 aliphatic carbocycles. The van der Waals surface area contributed by atoms with Crippen LogP contribution in [0.4, 0.5) is 101 Å². The molecule has 3 fully saturated rings. The van der Waals surface area contributed by atoms with Gasteiger partial charge in [-0.1, -0.05) is 241 Å². The molecule has 0 radical (unpaired) electrons. The van der Waals surface area contributed by atoms with Crippen LogP contribution in [0.1, 0.15) is 124 Å². The molecule has 13 aromatic carbocycles. The summed E-state index contributed by atoms with van der Waals surface area (Å²) in [4.78, 5) is 71.0. The first kappa shape index (κ1) is 93.4. The number of carbonyl (C=O) groups is 2. The number of likely N-dealkylation sites (tertiary alicyclic amines) is 3. The summed E-state index contributed by atoms with van der Waals surface area (Å²) in [6.45, 7) is 26.1. The maximum absolute atomic E-state index is 12.9. The van der Waals surface area contributed by atoms with Crippen LogP contribution in [-0.2, 0) is 44.3 Å². The number of benzene rings is 13. The van der Waals surface area contributed by atoms with Crippen LogP contribution in [0, 0.1) is 26.7 Å². The zero-order valence-electron chi connectivity index (χ0n) is 80.6. The second-order valence-electron chi connectivity index (χ2n) is 39.6. The molecule has 24 rings (SSSR count). The summed E-state index contributed by atoms with van der Waals surface area (Å²) in [5.41, 5.74) is 31.2. The first-order chi connectivity index (χ1) is 68.3. The lowest BCUT2D eigenvalue weighted by atomic mass is 9.74. The van der Waals surface area contributed by atoms with Crippen molar-refractivity contribution < 1.29 is 19.1 Å². The molecule has 4 aromatic heterocycles. The van der Waals surface area contributed by atoms with Crippen LogP contribution >= 0.6 is 11.3 Å². The number of aryl methyl sites for hydroxylation is 3. The Morgan fingerprint density at radius 2 is 0.688 bits per heavy atom. The molecule has 11 heterocycles. The van der Waals surface area contributed by atoms with Crippen molar-refractivity contribution in [1.82, 2.24) is 49.6 Å². The van der Waals surface area contributed by atoms with Gasteiger partial charge in [-0.15, -0.1) is 11.3 Å². The molecule has 17 aromatic rings. The Bertz CT molecular complexity index is 7250. The predicted octanol–water partition coefficient (Wildman–Crippen LogP) is 27.6. The van der Waals surface area contributed by atoms with E-state index in [1.807, 2.05) is 114 Å². The maximum Gasteiger partial charge on any atom is 0.410 e. The van der Waals surface area contributed by atoms with Gasteiger partial charge in [0.25, 0.3) is 0 Å². The van der Waals surface area contributed by atoms with E-state index in [0.29, 0.717) is 39.4 Å². The Balaban J connectivity index is 0.000000117. The standard InChI is InChI=1S/C34H33N5O2.C33H31N5O2.C30H35N5.C20H21N3S.CH4/c1-24-15-16-27-29(21-24)37-32(35-27)36-28-12-6-8-14-31(28)39-23-34(26-11-5-7-13-30(26)39)17-19-38(20-18-34)33(40)41-22-25-9-3-2-4-10-25;39-32(40-22-24-10-2-1-3-11-24)37-20-18-33(19-21-37)23-38(29-16-8-4-12-25(29)33)30-17-9-7-15-28(30)36-31-34-26-13-5-6-14-27(26)35-31;1-21(2)19-34-16-14-30(15-17-34)20-35(27-10-6-4-8-23(27)30)28-11-7-5-9-25(28)32-29-31-24-13-12-22(3)18-26(24)33-29;1-14-12-24-19(21-14)22-16-9-5-7-11-18(16)23-13-20(2,3)15-8-4-6-10-17(15)23;/h2-16,21H,17-20,22-23H2,1H3,(H2,35,36,37);1-17H,18-23H2,(H2,34,35,36);4-13,18,21H,14-17,19-20H2,1-3H3,(H2,31,32,33);4-12H,13H2,1-3H3,(H,21,22);1H4. The largest absolute Gasteiger partial charge is 0.445 e. The van der Waals surface area contributed by atoms with E-state index < -0.39 is 0 Å². The van der Waals surface area contributed by atoms with E-state index in [-0.39, 0.29) is 41.3 Å². The number of imidazole rings is 3. The molecule has 23 heteroatoms. The molecule has 7 N–H and O–H groups in total. The highest BCUT2D eigenvalue weighted by Gasteiger charge is 2.50. The molecule has 2 amide bonds. The molecule has 0 saturated carbocycles. The van der Waals surface area contributed by atoms with Gasteiger partial charge in [-0.05, 0) is 232 Å². The lowest BCUT2D eigenvalue weighted by molar-refractivity contribution is 0.0784. The minimum Gasteiger partial charge on any atom is -0.445 e. The molecule has 22 nitrogen and oxygen atoms in total. The lowest BCUT2D eigenvalue weighted by Crippen LogP contribution is -2.47. The fraction of sp³-hybridized carbons (Fsp3) is 0.271. The van der Waals surface area contributed by atoms with Crippen LogP contribution in [0.2, 0.25) is 0 Å². The summed E-state index contributed by atoms with van der Waals surface area (Å²) in [7, 11) is 0. The van der Waals surface area contributed by atoms with Crippen LogP contribution < -0.4 is 40.9 Å². The van der Waals surface area contributed by atoms with Gasteiger partial charge in [0.05, 0.1) is 84.3 Å². The number of piperidine rings is 3. The number of fused-ring (bicyclic) bond motifs is 10. The lowest BCUT2D eigenvalue weighted by Gasteiger charge is -2.40. The van der Waals surface area contributed by atoms with Gasteiger partial charge in [-0.2, -0.15) is 0 Å². The van der Waals surface area contributed by atoms with Crippen molar-refractivity contribution in [2.75, 3.05) is 113 Å². The Hall–Kier alpha value is -15.2. The molecule has 0 atom stereocenters. The average Bonchev–Trinajstić information content (AvgIpc) is 1.59. The Kier molecular flexibility index (Phi) is 26.7. The Morgan fingerprint density at radius 1 is 0.362 bits per heavy atom. The number of nitrogens with zero attached hydrogens (tertiary/aromatic N) is 11. The Morgan fingerprint density at radius 3 is 1.08 bits per heavy atom. The molecule has 7 aliphatic rings. The van der Waals surface area contributed by atoms with Crippen LogP contribution in [0.3, 0.4) is 0 Å². The highest BCUT2D eigenvalue weighted by Crippen LogP contribution is 2.56. The number of nitrogens with one attached hydrogen (secondary N) is 7. The Labute approximate surface area is 830 Å². The number of para-hydroxylation sites is 14. The van der Waals surface area contributed by atoms with Crippen molar-refractivity contribution in [2.24, 2.45) is 5.92 Å². The maximum atomic E-state index is 12.9. The second-order valence-corrected chi connectivity index (χ2v) is 40.4. The van der Waals surface area contributed by atoms with E-state index in [4.69, 9.17) is 24.4 Å². The van der Waals surface area contributed by atoms with Gasteiger partial charge in [-0.25, -0.2) is 29.5 Å². The van der Waals surface area contributed by atoms with Gasteiger partial charge in [0.1, 0.15) is 13.2 Å². The van der Waals surface area contributed by atoms with Crippen molar-refractivity contribution in [3.8, 4) is 0 Å². The quantitative estimate of drug-likeness (QED) is 0.0424. The van der Waals surface area contributed by atoms with Gasteiger partial charge in [0, 0.05) is 109 Å². The van der Waals surface area contributed by atoms with Gasteiger partial charge in [0.15, 0.2) is 5.13 Å². The highest BCUT2D eigenvalue weighted by atomic mass is 32.1. The monoisotopic (exact) mass is 1890 g/mol. The summed E-state index contributed by atoms with van der Waals surface area (Å²) in [6.07, 6.45) is 5.51. The number of H-pyrrole nitrogens is 3. The molecule has 0 bridgehead atoms. The summed E-state index contributed by atoms with van der Waals surface area (Å²) in [5, 5.41) is 17.2. The number of rotatable bonds is 18. The van der Waals surface area contributed by atoms with Crippen molar-refractivity contribution in [1.29, 1.82) is 0 Å². The molecular weight excluding hydrogens is 1770 g/mol. The number of aromatic amines is 3. The van der Waals surface area contributed by atoms with Crippen LogP contribution in [-0.4, -0.2) is 134 Å². The molecule has 0 unspecified atom stereocenters. The minimum absolute atomic E-state index is 0. The van der Waals surface area contributed by atoms with E-state index in [1.165, 1.54) is 100.0 Å². The third-order valence-electron chi connectivity index (χ3n) is 29.0. The number of carbonyl (C=O) groups excluding carboxylic acids is 2. The first-order valence-electron chi connectivity index (χ1n) is 49.2. The minimum atomic E-state index is -0.234. The van der Waals surface area contributed by atoms with E-state index in [1.54, 1.807) is 11.3 Å². The van der Waals surface area contributed by atoms with E-state index >= 15 is 0 Å². The number of thiazole rings is 1. The number of hydrogen-bond donors (Lipinski definition) is 7. The number of ether oxygens (including phenoxy) is 2. The third kappa shape index (κ3) is 19.7.